The molecular formula is C13H22N2O4. The molecule has 2 amide bonds. The van der Waals surface area contributed by atoms with Crippen LogP contribution in [0.15, 0.2) is 0 Å². The summed E-state index contributed by atoms with van der Waals surface area (Å²) >= 11 is 0. The summed E-state index contributed by atoms with van der Waals surface area (Å²) in [4.78, 5) is 26.8. The predicted octanol–water partition coefficient (Wildman–Crippen LogP) is 0.607. The van der Waals surface area contributed by atoms with Crippen LogP contribution in [-0.4, -0.2) is 64.8 Å². The van der Waals surface area contributed by atoms with E-state index in [4.69, 9.17) is 10.2 Å². The van der Waals surface area contributed by atoms with Crippen molar-refractivity contribution in [1.82, 2.24) is 9.80 Å². The second-order valence-corrected chi connectivity index (χ2v) is 5.52. The smallest absolute Gasteiger partial charge is 0.320 e. The SMILES string of the molecule is O=C(O)C1CCCN(C(=O)N2CCC(CO)CC2)C1. The van der Waals surface area contributed by atoms with Crippen molar-refractivity contribution >= 4 is 12.0 Å². The largest absolute Gasteiger partial charge is 0.481 e. The van der Waals surface area contributed by atoms with Crippen molar-refractivity contribution in [2.45, 2.75) is 25.7 Å². The van der Waals surface area contributed by atoms with Gasteiger partial charge in [-0.25, -0.2) is 4.79 Å². The van der Waals surface area contributed by atoms with Crippen LogP contribution >= 0.6 is 0 Å². The highest BCUT2D eigenvalue weighted by Crippen LogP contribution is 2.21. The Balaban J connectivity index is 1.87. The summed E-state index contributed by atoms with van der Waals surface area (Å²) in [7, 11) is 0. The Morgan fingerprint density at radius 1 is 1.05 bits per heavy atom. The minimum Gasteiger partial charge on any atom is -0.481 e. The first-order valence-corrected chi connectivity index (χ1v) is 6.99. The number of piperidine rings is 2. The Bertz CT molecular complexity index is 340. The molecule has 0 aromatic heterocycles. The van der Waals surface area contributed by atoms with Gasteiger partial charge in [0.05, 0.1) is 5.92 Å². The fraction of sp³-hybridized carbons (Fsp3) is 0.846. The number of carbonyl (C=O) groups excluding carboxylic acids is 1. The van der Waals surface area contributed by atoms with Crippen LogP contribution < -0.4 is 0 Å². The second kappa shape index (κ2) is 6.23. The van der Waals surface area contributed by atoms with E-state index in [2.05, 4.69) is 0 Å². The van der Waals surface area contributed by atoms with Crippen LogP contribution in [0, 0.1) is 11.8 Å². The molecule has 2 fully saturated rings. The molecule has 0 aromatic rings. The number of carboxylic acids is 1. The van der Waals surface area contributed by atoms with Crippen LogP contribution in [0.3, 0.4) is 0 Å². The summed E-state index contributed by atoms with van der Waals surface area (Å²) in [5.74, 6) is -0.929. The van der Waals surface area contributed by atoms with E-state index in [1.165, 1.54) is 0 Å². The van der Waals surface area contributed by atoms with Gasteiger partial charge in [-0.15, -0.1) is 0 Å². The number of rotatable bonds is 2. The zero-order valence-corrected chi connectivity index (χ0v) is 11.1. The van der Waals surface area contributed by atoms with Crippen LogP contribution in [0.1, 0.15) is 25.7 Å². The van der Waals surface area contributed by atoms with Crippen molar-refractivity contribution < 1.29 is 19.8 Å². The van der Waals surface area contributed by atoms with Gasteiger partial charge < -0.3 is 20.0 Å². The number of carbonyl (C=O) groups is 2. The van der Waals surface area contributed by atoms with Gasteiger partial charge >= 0.3 is 12.0 Å². The molecule has 0 bridgehead atoms. The summed E-state index contributed by atoms with van der Waals surface area (Å²) in [6.45, 7) is 2.50. The first kappa shape index (κ1) is 14.1. The van der Waals surface area contributed by atoms with E-state index in [1.54, 1.807) is 9.80 Å². The van der Waals surface area contributed by atoms with Crippen molar-refractivity contribution in [2.24, 2.45) is 11.8 Å². The number of carboxylic acid groups (broad SMARTS) is 1. The van der Waals surface area contributed by atoms with Crippen LogP contribution in [0.2, 0.25) is 0 Å². The Kier molecular flexibility index (Phi) is 4.63. The number of aliphatic hydroxyl groups is 1. The molecule has 0 aliphatic carbocycles. The molecule has 6 heteroatoms. The fourth-order valence-corrected chi connectivity index (χ4v) is 2.86. The van der Waals surface area contributed by atoms with Crippen molar-refractivity contribution in [3.8, 4) is 0 Å². The predicted molar refractivity (Wildman–Crippen MR) is 68.7 cm³/mol. The summed E-state index contributed by atoms with van der Waals surface area (Å²) < 4.78 is 0. The molecule has 2 rings (SSSR count). The summed E-state index contributed by atoms with van der Waals surface area (Å²) in [5.41, 5.74) is 0. The highest BCUT2D eigenvalue weighted by atomic mass is 16.4. The lowest BCUT2D eigenvalue weighted by molar-refractivity contribution is -0.143. The van der Waals surface area contributed by atoms with E-state index < -0.39 is 11.9 Å². The highest BCUT2D eigenvalue weighted by Gasteiger charge is 2.31. The molecular weight excluding hydrogens is 248 g/mol. The first-order chi connectivity index (χ1) is 9.11. The quantitative estimate of drug-likeness (QED) is 0.770. The molecule has 2 saturated heterocycles. The fourth-order valence-electron chi connectivity index (χ4n) is 2.86. The van der Waals surface area contributed by atoms with Crippen LogP contribution in [0.5, 0.6) is 0 Å². The number of likely N-dealkylation sites (tertiary alicyclic amines) is 2. The maximum atomic E-state index is 12.3. The molecule has 0 saturated carbocycles. The van der Waals surface area contributed by atoms with Crippen LogP contribution in [0.4, 0.5) is 4.79 Å². The maximum Gasteiger partial charge on any atom is 0.320 e. The van der Waals surface area contributed by atoms with E-state index in [1.807, 2.05) is 0 Å². The molecule has 0 radical (unpaired) electrons. The maximum absolute atomic E-state index is 12.3. The molecule has 19 heavy (non-hydrogen) atoms. The van der Waals surface area contributed by atoms with Crippen molar-refractivity contribution in [1.29, 1.82) is 0 Å². The third-order valence-corrected chi connectivity index (χ3v) is 4.18. The molecule has 2 aliphatic rings. The zero-order chi connectivity index (χ0) is 13.8. The van der Waals surface area contributed by atoms with Crippen LogP contribution in [-0.2, 0) is 4.79 Å². The van der Waals surface area contributed by atoms with E-state index in [9.17, 15) is 9.59 Å². The first-order valence-electron chi connectivity index (χ1n) is 6.99. The standard InChI is InChI=1S/C13H22N2O4/c16-9-10-3-6-14(7-4-10)13(19)15-5-1-2-11(8-15)12(17)18/h10-11,16H,1-9H2,(H,17,18). The minimum atomic E-state index is -0.809. The molecule has 0 spiro atoms. The molecule has 0 aromatic carbocycles. The number of nitrogens with zero attached hydrogens (tertiary/aromatic N) is 2. The third kappa shape index (κ3) is 3.37. The van der Waals surface area contributed by atoms with Crippen molar-refractivity contribution in [3.05, 3.63) is 0 Å². The second-order valence-electron chi connectivity index (χ2n) is 5.52. The topological polar surface area (TPSA) is 81.1 Å². The van der Waals surface area contributed by atoms with Crippen molar-refractivity contribution in [3.63, 3.8) is 0 Å². The van der Waals surface area contributed by atoms with Crippen molar-refractivity contribution in [2.75, 3.05) is 32.8 Å². The van der Waals surface area contributed by atoms with Gasteiger partial charge in [0.1, 0.15) is 0 Å². The molecule has 2 aliphatic heterocycles. The van der Waals surface area contributed by atoms with E-state index >= 15 is 0 Å². The number of aliphatic carboxylic acids is 1. The molecule has 108 valence electrons. The third-order valence-electron chi connectivity index (χ3n) is 4.18. The van der Waals surface area contributed by atoms with Gasteiger partial charge in [-0.3, -0.25) is 4.79 Å². The monoisotopic (exact) mass is 270 g/mol. The summed E-state index contributed by atoms with van der Waals surface area (Å²) in [6.07, 6.45) is 3.08. The minimum absolute atomic E-state index is 0.0395. The zero-order valence-electron chi connectivity index (χ0n) is 11.1. The average Bonchev–Trinajstić information content (AvgIpc) is 2.46. The number of urea groups is 1. The molecule has 2 N–H and O–H groups in total. The lowest BCUT2D eigenvalue weighted by Crippen LogP contribution is -2.51. The number of aliphatic hydroxyl groups excluding tert-OH is 1. The molecule has 1 atom stereocenters. The Hall–Kier alpha value is -1.30. The van der Waals surface area contributed by atoms with E-state index in [0.29, 0.717) is 38.5 Å². The van der Waals surface area contributed by atoms with Gasteiger partial charge in [-0.05, 0) is 31.6 Å². The van der Waals surface area contributed by atoms with Gasteiger partial charge in [-0.2, -0.15) is 0 Å². The normalized spacial score (nSPS) is 25.4. The Labute approximate surface area is 113 Å². The summed E-state index contributed by atoms with van der Waals surface area (Å²) in [6, 6.07) is -0.0395. The number of hydrogen-bond donors (Lipinski definition) is 2. The highest BCUT2D eigenvalue weighted by molar-refractivity contribution is 5.76. The lowest BCUT2D eigenvalue weighted by Gasteiger charge is -2.38. The molecule has 2 heterocycles. The van der Waals surface area contributed by atoms with Gasteiger partial charge in [0.2, 0.25) is 0 Å². The Morgan fingerprint density at radius 3 is 2.32 bits per heavy atom. The Morgan fingerprint density at radius 2 is 1.74 bits per heavy atom. The lowest BCUT2D eigenvalue weighted by atomic mass is 9.97. The van der Waals surface area contributed by atoms with E-state index in [0.717, 1.165) is 19.3 Å². The van der Waals surface area contributed by atoms with E-state index in [-0.39, 0.29) is 12.6 Å². The van der Waals surface area contributed by atoms with Gasteiger partial charge in [0, 0.05) is 32.8 Å². The molecule has 6 nitrogen and oxygen atoms in total. The average molecular weight is 270 g/mol. The van der Waals surface area contributed by atoms with Gasteiger partial charge in [0.15, 0.2) is 0 Å². The summed E-state index contributed by atoms with van der Waals surface area (Å²) in [5, 5.41) is 18.1. The number of amides is 2. The molecule has 1 unspecified atom stereocenters. The number of hydrogen-bond acceptors (Lipinski definition) is 3. The van der Waals surface area contributed by atoms with Crippen LogP contribution in [0.25, 0.3) is 0 Å². The van der Waals surface area contributed by atoms with Gasteiger partial charge in [0.25, 0.3) is 0 Å². The van der Waals surface area contributed by atoms with Gasteiger partial charge in [-0.1, -0.05) is 0 Å².